The predicted octanol–water partition coefficient (Wildman–Crippen LogP) is 4.28. The van der Waals surface area contributed by atoms with Crippen LogP contribution in [-0.4, -0.2) is 63.1 Å². The molecule has 6 nitrogen and oxygen atoms in total. The van der Waals surface area contributed by atoms with Gasteiger partial charge in [0.15, 0.2) is 14.7 Å². The zero-order chi connectivity index (χ0) is 21.7. The van der Waals surface area contributed by atoms with E-state index in [0.29, 0.717) is 9.99 Å². The van der Waals surface area contributed by atoms with Crippen LogP contribution in [0.4, 0.5) is 4.79 Å². The monoisotopic (exact) mass is 493 g/mol. The van der Waals surface area contributed by atoms with Crippen molar-refractivity contribution in [1.82, 2.24) is 4.90 Å². The molecule has 0 radical (unpaired) electrons. The summed E-state index contributed by atoms with van der Waals surface area (Å²) in [6, 6.07) is 0. The number of carboxylic acids is 1. The van der Waals surface area contributed by atoms with Crippen LogP contribution in [0.5, 0.6) is 0 Å². The van der Waals surface area contributed by atoms with Crippen molar-refractivity contribution in [2.75, 3.05) is 11.5 Å². The number of nitrogens with zero attached hydrogens (tertiary/aromatic N) is 1. The zero-order valence-electron chi connectivity index (χ0n) is 17.4. The fraction of sp³-hybridized carbons (Fsp3) is 0.722. The molecule has 3 aliphatic rings. The minimum Gasteiger partial charge on any atom is -0.477 e. The Labute approximate surface area is 190 Å². The first kappa shape index (κ1) is 23.6. The average Bonchev–Trinajstić information content (AvgIpc) is 3.12. The van der Waals surface area contributed by atoms with Crippen molar-refractivity contribution < 1.29 is 23.9 Å². The average molecular weight is 494 g/mol. The second-order valence-electron chi connectivity index (χ2n) is 8.77. The summed E-state index contributed by atoms with van der Waals surface area (Å²) in [6.45, 7) is 12.4. The molecule has 2 unspecified atom stereocenters. The van der Waals surface area contributed by atoms with E-state index in [2.05, 4.69) is 33.9 Å². The SMILES string of the molecule is C[SiH](C)O[C@](C)(C1C(=O)N2C(C(=O)O)=C(SCC3CSC(=O)S3)S[C@H]12)C(C)(C)C. The van der Waals surface area contributed by atoms with Gasteiger partial charge in [0.05, 0.1) is 15.8 Å². The van der Waals surface area contributed by atoms with E-state index in [4.69, 9.17) is 4.43 Å². The number of thioether (sulfide) groups is 4. The van der Waals surface area contributed by atoms with Gasteiger partial charge in [0.25, 0.3) is 0 Å². The molecule has 29 heavy (non-hydrogen) atoms. The molecule has 0 aromatic carbocycles. The Balaban J connectivity index is 1.82. The normalized spacial score (nSPS) is 29.3. The number of hydrogen-bond acceptors (Lipinski definition) is 8. The van der Waals surface area contributed by atoms with Gasteiger partial charge in [0, 0.05) is 16.8 Å². The molecular weight excluding hydrogens is 467 g/mol. The quantitative estimate of drug-likeness (QED) is 0.413. The molecule has 0 aromatic heterocycles. The van der Waals surface area contributed by atoms with Crippen LogP contribution in [0.15, 0.2) is 9.93 Å². The number of aliphatic carboxylic acids is 1. The molecule has 1 N–H and O–H groups in total. The van der Waals surface area contributed by atoms with Crippen LogP contribution < -0.4 is 0 Å². The topological polar surface area (TPSA) is 83.9 Å². The number of carbonyl (C=O) groups is 3. The van der Waals surface area contributed by atoms with Gasteiger partial charge < -0.3 is 9.53 Å². The number of hydrogen-bond donors (Lipinski definition) is 1. The molecule has 2 saturated heterocycles. The van der Waals surface area contributed by atoms with E-state index in [-0.39, 0.29) is 38.0 Å². The van der Waals surface area contributed by atoms with Crippen molar-refractivity contribution in [3.05, 3.63) is 9.93 Å². The molecule has 3 aliphatic heterocycles. The molecule has 3 heterocycles. The van der Waals surface area contributed by atoms with Crippen LogP contribution in [-0.2, 0) is 14.0 Å². The van der Waals surface area contributed by atoms with Gasteiger partial charge in [0.1, 0.15) is 5.37 Å². The van der Waals surface area contributed by atoms with E-state index in [1.807, 2.05) is 6.92 Å². The first-order chi connectivity index (χ1) is 13.4. The lowest BCUT2D eigenvalue weighted by molar-refractivity contribution is -0.173. The summed E-state index contributed by atoms with van der Waals surface area (Å²) in [5.41, 5.74) is -0.840. The summed E-state index contributed by atoms with van der Waals surface area (Å²) < 4.78 is 7.22. The molecule has 0 aromatic rings. The van der Waals surface area contributed by atoms with Crippen molar-refractivity contribution in [2.24, 2.45) is 11.3 Å². The molecule has 0 aliphatic carbocycles. The first-order valence-corrected chi connectivity index (χ1v) is 16.0. The van der Waals surface area contributed by atoms with Gasteiger partial charge in [-0.1, -0.05) is 56.1 Å². The van der Waals surface area contributed by atoms with Crippen molar-refractivity contribution in [2.45, 2.75) is 57.0 Å². The Morgan fingerprint density at radius 1 is 1.28 bits per heavy atom. The highest BCUT2D eigenvalue weighted by molar-refractivity contribution is 8.41. The summed E-state index contributed by atoms with van der Waals surface area (Å²) >= 11 is 5.55. The van der Waals surface area contributed by atoms with Gasteiger partial charge in [-0.2, -0.15) is 0 Å². The molecule has 0 saturated carbocycles. The molecule has 3 rings (SSSR count). The van der Waals surface area contributed by atoms with E-state index < -0.39 is 20.6 Å². The van der Waals surface area contributed by atoms with E-state index in [0.717, 1.165) is 5.75 Å². The smallest absolute Gasteiger partial charge is 0.354 e. The van der Waals surface area contributed by atoms with Crippen molar-refractivity contribution >= 4 is 72.4 Å². The Hall–Kier alpha value is -0.0731. The van der Waals surface area contributed by atoms with E-state index in [1.54, 1.807) is 0 Å². The number of fused-ring (bicyclic) bond motifs is 1. The molecular formula is C18H27NO5S4Si. The molecule has 2 fully saturated rings. The van der Waals surface area contributed by atoms with E-state index in [1.165, 1.54) is 51.9 Å². The predicted molar refractivity (Wildman–Crippen MR) is 126 cm³/mol. The Morgan fingerprint density at radius 3 is 2.41 bits per heavy atom. The molecule has 4 atom stereocenters. The highest BCUT2D eigenvalue weighted by Crippen LogP contribution is 2.59. The number of amides is 1. The van der Waals surface area contributed by atoms with Gasteiger partial charge in [0.2, 0.25) is 10.4 Å². The van der Waals surface area contributed by atoms with Gasteiger partial charge in [-0.25, -0.2) is 4.79 Å². The lowest BCUT2D eigenvalue weighted by atomic mass is 9.66. The molecule has 1 amide bonds. The Kier molecular flexibility index (Phi) is 6.88. The van der Waals surface area contributed by atoms with Crippen molar-refractivity contribution in [3.8, 4) is 0 Å². The third kappa shape index (κ3) is 4.32. The highest BCUT2D eigenvalue weighted by Gasteiger charge is 2.65. The molecule has 11 heteroatoms. The van der Waals surface area contributed by atoms with Crippen molar-refractivity contribution in [1.29, 1.82) is 0 Å². The van der Waals surface area contributed by atoms with Gasteiger partial charge >= 0.3 is 5.97 Å². The lowest BCUT2D eigenvalue weighted by Crippen LogP contribution is -2.69. The third-order valence-corrected chi connectivity index (χ3v) is 12.0. The van der Waals surface area contributed by atoms with Crippen LogP contribution in [0.2, 0.25) is 13.1 Å². The number of carbonyl (C=O) groups excluding carboxylic acids is 2. The van der Waals surface area contributed by atoms with Crippen LogP contribution in [0, 0.1) is 11.3 Å². The summed E-state index contributed by atoms with van der Waals surface area (Å²) in [7, 11) is -1.43. The van der Waals surface area contributed by atoms with Crippen LogP contribution in [0.25, 0.3) is 0 Å². The lowest BCUT2D eigenvalue weighted by Gasteiger charge is -2.56. The molecule has 162 valence electrons. The maximum atomic E-state index is 13.2. The summed E-state index contributed by atoms with van der Waals surface area (Å²) in [4.78, 5) is 38.0. The first-order valence-electron chi connectivity index (χ1n) is 9.48. The van der Waals surface area contributed by atoms with Gasteiger partial charge in [-0.05, 0) is 25.4 Å². The van der Waals surface area contributed by atoms with E-state index in [9.17, 15) is 19.5 Å². The summed E-state index contributed by atoms with van der Waals surface area (Å²) in [5, 5.41) is 9.71. The molecule has 0 spiro atoms. The van der Waals surface area contributed by atoms with Crippen LogP contribution in [0.1, 0.15) is 27.7 Å². The maximum Gasteiger partial charge on any atom is 0.354 e. The number of rotatable bonds is 7. The number of β-lactam (4-membered cyclic amide) rings is 1. The van der Waals surface area contributed by atoms with Crippen LogP contribution in [0.3, 0.4) is 0 Å². The Morgan fingerprint density at radius 2 is 1.93 bits per heavy atom. The largest absolute Gasteiger partial charge is 0.477 e. The van der Waals surface area contributed by atoms with E-state index >= 15 is 0 Å². The maximum absolute atomic E-state index is 13.2. The third-order valence-electron chi connectivity index (χ3n) is 5.52. The number of carboxylic acid groups (broad SMARTS) is 1. The fourth-order valence-corrected chi connectivity index (χ4v) is 10.8. The summed E-state index contributed by atoms with van der Waals surface area (Å²) in [6.07, 6.45) is 0. The molecule has 0 bridgehead atoms. The second-order valence-corrected chi connectivity index (χ2v) is 16.0. The minimum atomic E-state index is -1.43. The second kappa shape index (κ2) is 8.46. The standard InChI is InChI=1S/C18H27NO5S4Si/c1-17(2,3)18(4,24-29(5)6)10-12(20)19-11(14(21)22)15(28-13(10)19)25-7-9-8-26-16(23)27-9/h9-10,13,29H,7-8H2,1-6H3,(H,21,22)/t9?,10?,13-,18-/m1/s1. The fourth-order valence-electron chi connectivity index (χ4n) is 3.71. The zero-order valence-corrected chi connectivity index (χ0v) is 21.8. The highest BCUT2D eigenvalue weighted by atomic mass is 32.2. The van der Waals surface area contributed by atoms with Crippen molar-refractivity contribution in [3.63, 3.8) is 0 Å². The van der Waals surface area contributed by atoms with Gasteiger partial charge in [-0.15, -0.1) is 11.8 Å². The summed E-state index contributed by atoms with van der Waals surface area (Å²) in [5.74, 6) is -0.208. The van der Waals surface area contributed by atoms with Gasteiger partial charge in [-0.3, -0.25) is 14.5 Å². The van der Waals surface area contributed by atoms with Crippen LogP contribution >= 0.6 is 47.0 Å². The Bertz CT molecular complexity index is 768. The minimum absolute atomic E-state index is 0.0891.